The fraction of sp³-hybridized carbons (Fsp3) is 0.333. The van der Waals surface area contributed by atoms with E-state index in [0.29, 0.717) is 15.1 Å². The van der Waals surface area contributed by atoms with Crippen LogP contribution in [0.5, 0.6) is 0 Å². The largest absolute Gasteiger partial charge is 0.302 e. The van der Waals surface area contributed by atoms with E-state index in [1.54, 1.807) is 24.3 Å². The van der Waals surface area contributed by atoms with Gasteiger partial charge in [0.05, 0.1) is 0 Å². The normalized spacial score (nSPS) is 19.1. The average molecular weight is 503 g/mol. The van der Waals surface area contributed by atoms with Crippen molar-refractivity contribution < 1.29 is 23.6 Å². The van der Waals surface area contributed by atoms with E-state index in [4.69, 9.17) is 0 Å². The highest BCUT2D eigenvalue weighted by molar-refractivity contribution is 9.10. The van der Waals surface area contributed by atoms with E-state index in [0.717, 1.165) is 42.7 Å². The van der Waals surface area contributed by atoms with Gasteiger partial charge in [0, 0.05) is 16.0 Å². The molecule has 166 valence electrons. The highest BCUT2D eigenvalue weighted by Gasteiger charge is 2.43. The third-order valence-electron chi connectivity index (χ3n) is 5.78. The van der Waals surface area contributed by atoms with Gasteiger partial charge in [-0.25, -0.2) is 8.78 Å². The molecule has 0 radical (unpaired) electrons. The van der Waals surface area contributed by atoms with E-state index < -0.39 is 41.7 Å². The Labute approximate surface area is 193 Å². The first-order chi connectivity index (χ1) is 15.3. The van der Waals surface area contributed by atoms with Gasteiger partial charge >= 0.3 is 0 Å². The van der Waals surface area contributed by atoms with Crippen molar-refractivity contribution in [2.45, 2.75) is 38.3 Å². The second kappa shape index (κ2) is 9.39. The number of benzene rings is 2. The first kappa shape index (κ1) is 22.4. The van der Waals surface area contributed by atoms with Gasteiger partial charge in [-0.3, -0.25) is 14.8 Å². The first-order valence-electron chi connectivity index (χ1n) is 10.4. The molecule has 4 rings (SSSR count). The Morgan fingerprint density at radius 3 is 2.44 bits per heavy atom. The predicted octanol–water partition coefficient (Wildman–Crippen LogP) is 5.03. The summed E-state index contributed by atoms with van der Waals surface area (Å²) in [6.07, 6.45) is 4.15. The molecule has 2 aromatic carbocycles. The molecule has 32 heavy (non-hydrogen) atoms. The van der Waals surface area contributed by atoms with E-state index in [-0.39, 0.29) is 11.5 Å². The molecule has 1 saturated carbocycles. The van der Waals surface area contributed by atoms with Crippen LogP contribution in [0.3, 0.4) is 0 Å². The highest BCUT2D eigenvalue weighted by atomic mass is 79.9. The molecular weight excluding hydrogens is 482 g/mol. The summed E-state index contributed by atoms with van der Waals surface area (Å²) in [5.74, 6) is 2.23. The lowest BCUT2D eigenvalue weighted by molar-refractivity contribution is -0.168. The standard InChI is InChI=1S/C24H21BrF2N2O3/c25-18-8-4-7-17(13-18)23-28(14-21(30)29(23)32)24(31)22-19(26)11-16(12-20(22)27)10-9-15-5-2-1-3-6-15/h4,7-8,11-13,15,23,32H,1-3,5-6,14H2. The lowest BCUT2D eigenvalue weighted by Gasteiger charge is -2.27. The third-order valence-corrected chi connectivity index (χ3v) is 6.27. The molecule has 1 aliphatic carbocycles. The summed E-state index contributed by atoms with van der Waals surface area (Å²) in [5, 5.41) is 10.6. The number of hydrogen-bond donors (Lipinski definition) is 1. The van der Waals surface area contributed by atoms with Gasteiger partial charge in [0.1, 0.15) is 23.7 Å². The number of carbonyl (C=O) groups excluding carboxylic acids is 2. The van der Waals surface area contributed by atoms with Crippen molar-refractivity contribution >= 4 is 27.7 Å². The molecule has 2 aliphatic rings. The summed E-state index contributed by atoms with van der Waals surface area (Å²) in [6.45, 7) is -0.505. The van der Waals surface area contributed by atoms with Crippen molar-refractivity contribution in [2.24, 2.45) is 5.92 Å². The Bertz CT molecular complexity index is 1100. The molecule has 0 spiro atoms. The van der Waals surface area contributed by atoms with Gasteiger partial charge in [-0.05, 0) is 42.7 Å². The highest BCUT2D eigenvalue weighted by Crippen LogP contribution is 2.33. The van der Waals surface area contributed by atoms with E-state index in [1.165, 1.54) is 6.42 Å². The second-order valence-corrected chi connectivity index (χ2v) is 8.93. The minimum Gasteiger partial charge on any atom is -0.302 e. The molecule has 0 aromatic heterocycles. The maximum atomic E-state index is 14.8. The van der Waals surface area contributed by atoms with Crippen LogP contribution >= 0.6 is 15.9 Å². The van der Waals surface area contributed by atoms with Crippen LogP contribution < -0.4 is 0 Å². The van der Waals surface area contributed by atoms with Gasteiger partial charge < -0.3 is 4.90 Å². The Morgan fingerprint density at radius 1 is 1.09 bits per heavy atom. The molecule has 1 saturated heterocycles. The molecule has 8 heteroatoms. The minimum absolute atomic E-state index is 0.159. The van der Waals surface area contributed by atoms with Crippen molar-refractivity contribution in [2.75, 3.05) is 6.54 Å². The summed E-state index contributed by atoms with van der Waals surface area (Å²) in [5.41, 5.74) is -0.208. The van der Waals surface area contributed by atoms with Gasteiger partial charge in [-0.1, -0.05) is 59.2 Å². The van der Waals surface area contributed by atoms with Crippen LogP contribution in [0.2, 0.25) is 0 Å². The molecule has 1 N–H and O–H groups in total. The fourth-order valence-corrected chi connectivity index (χ4v) is 4.59. The summed E-state index contributed by atoms with van der Waals surface area (Å²) >= 11 is 3.30. The van der Waals surface area contributed by atoms with Crippen molar-refractivity contribution in [3.05, 3.63) is 69.2 Å². The maximum absolute atomic E-state index is 14.8. The van der Waals surface area contributed by atoms with E-state index >= 15 is 0 Å². The number of carbonyl (C=O) groups is 2. The molecule has 5 nitrogen and oxygen atoms in total. The van der Waals surface area contributed by atoms with Gasteiger partial charge in [0.15, 0.2) is 6.17 Å². The number of hydrogen-bond acceptors (Lipinski definition) is 3. The van der Waals surface area contributed by atoms with Crippen molar-refractivity contribution in [3.63, 3.8) is 0 Å². The first-order valence-corrected chi connectivity index (χ1v) is 11.2. The molecule has 1 atom stereocenters. The van der Waals surface area contributed by atoms with Crippen molar-refractivity contribution in [1.82, 2.24) is 9.96 Å². The van der Waals surface area contributed by atoms with Crippen LogP contribution in [0.1, 0.15) is 59.8 Å². The van der Waals surface area contributed by atoms with Crippen LogP contribution in [0.25, 0.3) is 0 Å². The molecule has 2 fully saturated rings. The smallest absolute Gasteiger partial charge is 0.267 e. The number of hydroxylamine groups is 2. The van der Waals surface area contributed by atoms with E-state index in [1.807, 2.05) is 0 Å². The summed E-state index contributed by atoms with van der Waals surface area (Å²) < 4.78 is 30.3. The predicted molar refractivity (Wildman–Crippen MR) is 116 cm³/mol. The van der Waals surface area contributed by atoms with Gasteiger partial charge in [0.2, 0.25) is 0 Å². The maximum Gasteiger partial charge on any atom is 0.267 e. The average Bonchev–Trinajstić information content (AvgIpc) is 3.07. The number of nitrogens with zero attached hydrogens (tertiary/aromatic N) is 2. The monoisotopic (exact) mass is 502 g/mol. The van der Waals surface area contributed by atoms with Crippen molar-refractivity contribution in [1.29, 1.82) is 0 Å². The molecular formula is C24H21BrF2N2O3. The minimum atomic E-state index is -1.20. The number of amides is 2. The Balaban J connectivity index is 1.63. The quantitative estimate of drug-likeness (QED) is 0.462. The molecule has 0 bridgehead atoms. The van der Waals surface area contributed by atoms with Crippen LogP contribution in [0, 0.1) is 29.4 Å². The van der Waals surface area contributed by atoms with Crippen LogP contribution in [0.4, 0.5) is 8.78 Å². The number of halogens is 3. The van der Waals surface area contributed by atoms with Gasteiger partial charge in [-0.2, -0.15) is 5.06 Å². The zero-order chi connectivity index (χ0) is 22.8. The van der Waals surface area contributed by atoms with Crippen molar-refractivity contribution in [3.8, 4) is 11.8 Å². The lowest BCUT2D eigenvalue weighted by Crippen LogP contribution is -2.35. The summed E-state index contributed by atoms with van der Waals surface area (Å²) in [6, 6.07) is 8.70. The number of rotatable bonds is 2. The molecule has 1 aliphatic heterocycles. The van der Waals surface area contributed by atoms with E-state index in [9.17, 15) is 23.6 Å². The topological polar surface area (TPSA) is 60.9 Å². The molecule has 1 unspecified atom stereocenters. The zero-order valence-electron chi connectivity index (χ0n) is 17.2. The molecule has 1 heterocycles. The molecule has 2 aromatic rings. The van der Waals surface area contributed by atoms with E-state index in [2.05, 4.69) is 27.8 Å². The third kappa shape index (κ3) is 4.54. The van der Waals surface area contributed by atoms with Crippen LogP contribution in [-0.4, -0.2) is 33.5 Å². The lowest BCUT2D eigenvalue weighted by atomic mass is 9.89. The summed E-state index contributed by atoms with van der Waals surface area (Å²) in [4.78, 5) is 26.1. The van der Waals surface area contributed by atoms with Gasteiger partial charge in [-0.15, -0.1) is 0 Å². The Morgan fingerprint density at radius 2 is 1.78 bits per heavy atom. The van der Waals surface area contributed by atoms with Crippen LogP contribution in [-0.2, 0) is 4.79 Å². The second-order valence-electron chi connectivity index (χ2n) is 8.02. The zero-order valence-corrected chi connectivity index (χ0v) is 18.7. The van der Waals surface area contributed by atoms with Gasteiger partial charge in [0.25, 0.3) is 11.8 Å². The SMILES string of the molecule is O=C1CN(C(=O)c2c(F)cc(C#CC3CCCCC3)cc2F)C(c2cccc(Br)c2)N1O. The fourth-order valence-electron chi connectivity index (χ4n) is 4.17. The Hall–Kier alpha value is -2.76. The Kier molecular flexibility index (Phi) is 6.58. The van der Waals surface area contributed by atoms with Crippen LogP contribution in [0.15, 0.2) is 40.9 Å². The summed E-state index contributed by atoms with van der Waals surface area (Å²) in [7, 11) is 0. The molecule has 2 amide bonds.